The second-order valence-corrected chi connectivity index (χ2v) is 10.8. The zero-order chi connectivity index (χ0) is 19.8. The fraction of sp³-hybridized carbons (Fsp3) is 0.667. The van der Waals surface area contributed by atoms with Crippen LogP contribution in [0, 0.1) is 11.3 Å². The fourth-order valence-corrected chi connectivity index (χ4v) is 8.68. The molecule has 0 spiro atoms. The van der Waals surface area contributed by atoms with Gasteiger partial charge in [-0.15, -0.1) is 0 Å². The fourth-order valence-electron chi connectivity index (χ4n) is 4.93. The van der Waals surface area contributed by atoms with Crippen LogP contribution in [-0.4, -0.2) is 33.5 Å². The van der Waals surface area contributed by atoms with Crippen LogP contribution in [0.1, 0.15) is 77.5 Å². The summed E-state index contributed by atoms with van der Waals surface area (Å²) < 4.78 is 19.1. The predicted molar refractivity (Wildman–Crippen MR) is 110 cm³/mol. The van der Waals surface area contributed by atoms with Crippen LogP contribution in [0.3, 0.4) is 0 Å². The molecular formula is C21H33N4OP. The van der Waals surface area contributed by atoms with Crippen LogP contribution in [0.15, 0.2) is 24.3 Å². The molecule has 6 heteroatoms. The van der Waals surface area contributed by atoms with Gasteiger partial charge in [-0.25, -0.2) is 14.4 Å². The zero-order valence-corrected chi connectivity index (χ0v) is 18.1. The summed E-state index contributed by atoms with van der Waals surface area (Å²) >= 11 is 0. The number of benzene rings is 1. The third-order valence-electron chi connectivity index (χ3n) is 5.96. The molecule has 1 aromatic rings. The highest BCUT2D eigenvalue weighted by atomic mass is 31.2. The van der Waals surface area contributed by atoms with Crippen molar-refractivity contribution in [1.29, 1.82) is 5.26 Å². The van der Waals surface area contributed by atoms with Crippen LogP contribution < -0.4 is 5.09 Å². The Morgan fingerprint density at radius 2 is 1.48 bits per heavy atom. The first-order valence-electron chi connectivity index (χ1n) is 10.2. The zero-order valence-electron chi connectivity index (χ0n) is 17.2. The molecule has 27 heavy (non-hydrogen) atoms. The number of hydrogen-bond acceptors (Lipinski definition) is 2. The molecule has 0 radical (unpaired) electrons. The summed E-state index contributed by atoms with van der Waals surface area (Å²) in [4.78, 5) is 0. The third-order valence-corrected chi connectivity index (χ3v) is 9.45. The molecule has 0 unspecified atom stereocenters. The molecular weight excluding hydrogens is 355 g/mol. The molecule has 2 aliphatic rings. The van der Waals surface area contributed by atoms with Crippen molar-refractivity contribution in [2.24, 2.45) is 0 Å². The van der Waals surface area contributed by atoms with Gasteiger partial charge in [-0.2, -0.15) is 5.26 Å². The average molecular weight is 388 g/mol. The summed E-state index contributed by atoms with van der Waals surface area (Å²) in [6, 6.07) is 10.9. The van der Waals surface area contributed by atoms with Gasteiger partial charge >= 0.3 is 0 Å². The first kappa shape index (κ1) is 20.6. The van der Waals surface area contributed by atoms with Crippen LogP contribution in [-0.2, 0) is 4.57 Å². The number of fused-ring (bicyclic) bond motifs is 1. The lowest BCUT2D eigenvalue weighted by molar-refractivity contribution is 0.173. The highest BCUT2D eigenvalue weighted by Crippen LogP contribution is 2.63. The Morgan fingerprint density at radius 1 is 1.00 bits per heavy atom. The van der Waals surface area contributed by atoms with E-state index in [1.54, 1.807) is 0 Å². The molecule has 1 aliphatic carbocycles. The van der Waals surface area contributed by atoms with Gasteiger partial charge in [-0.3, -0.25) is 4.57 Å². The molecule has 5 nitrogen and oxygen atoms in total. The van der Waals surface area contributed by atoms with Crippen molar-refractivity contribution in [1.82, 2.24) is 14.4 Å². The summed E-state index contributed by atoms with van der Waals surface area (Å²) in [5, 5.41) is 12.6. The maximum atomic E-state index is 14.5. The second-order valence-electron chi connectivity index (χ2n) is 8.50. The number of hydrogen-bond donors (Lipinski definition) is 1. The van der Waals surface area contributed by atoms with Crippen molar-refractivity contribution >= 4 is 7.59 Å². The molecule has 1 heterocycles. The van der Waals surface area contributed by atoms with Gasteiger partial charge in [0.05, 0.1) is 11.6 Å². The van der Waals surface area contributed by atoms with Gasteiger partial charge in [0.15, 0.2) is 0 Å². The molecule has 1 N–H and O–H groups in total. The lowest BCUT2D eigenvalue weighted by atomic mass is 9.89. The standard InChI is InChI=1S/C21H33N4OP/c1-15(2)24-20-8-6-7-9-21(20)25(16(3)4)27(24,26)23-17(5)19-12-10-18(14-22)11-13-19/h10-13,15-17,20-21H,6-9H2,1-5H3,(H,23,26)/t17-,20-,21-/m1/s1. The molecule has 1 aromatic carbocycles. The van der Waals surface area contributed by atoms with E-state index < -0.39 is 7.59 Å². The Hall–Kier alpha value is -1.18. The van der Waals surface area contributed by atoms with Crippen molar-refractivity contribution in [3.8, 4) is 6.07 Å². The molecule has 1 saturated heterocycles. The first-order chi connectivity index (χ1) is 12.8. The Kier molecular flexibility index (Phi) is 6.13. The topological polar surface area (TPSA) is 59.4 Å². The molecule has 1 aliphatic heterocycles. The minimum atomic E-state index is -2.90. The van der Waals surface area contributed by atoms with E-state index in [1.165, 1.54) is 12.8 Å². The Morgan fingerprint density at radius 3 is 1.89 bits per heavy atom. The van der Waals surface area contributed by atoms with E-state index in [0.29, 0.717) is 17.6 Å². The van der Waals surface area contributed by atoms with Gasteiger partial charge in [0.25, 0.3) is 7.59 Å². The molecule has 3 atom stereocenters. The quantitative estimate of drug-likeness (QED) is 0.714. The monoisotopic (exact) mass is 388 g/mol. The van der Waals surface area contributed by atoms with Crippen molar-refractivity contribution in [3.05, 3.63) is 35.4 Å². The summed E-state index contributed by atoms with van der Waals surface area (Å²) in [6.45, 7) is 10.7. The van der Waals surface area contributed by atoms with Crippen molar-refractivity contribution in [2.45, 2.75) is 90.5 Å². The normalized spacial score (nSPS) is 26.9. The Bertz CT molecular complexity index is 712. The molecule has 2 fully saturated rings. The van der Waals surface area contributed by atoms with E-state index in [9.17, 15) is 4.57 Å². The van der Waals surface area contributed by atoms with Crippen molar-refractivity contribution in [3.63, 3.8) is 0 Å². The molecule has 0 amide bonds. The highest BCUT2D eigenvalue weighted by molar-refractivity contribution is 7.57. The third kappa shape index (κ3) is 3.74. The van der Waals surface area contributed by atoms with Crippen LogP contribution >= 0.6 is 7.59 Å². The Labute approximate surface area is 164 Å². The minimum Gasteiger partial charge on any atom is -0.270 e. The molecule has 3 rings (SSSR count). The number of nitriles is 1. The largest absolute Gasteiger partial charge is 0.285 e. The lowest BCUT2D eigenvalue weighted by Crippen LogP contribution is -2.43. The van der Waals surface area contributed by atoms with Crippen molar-refractivity contribution in [2.75, 3.05) is 0 Å². The highest BCUT2D eigenvalue weighted by Gasteiger charge is 2.57. The van der Waals surface area contributed by atoms with E-state index in [0.717, 1.165) is 18.4 Å². The van der Waals surface area contributed by atoms with Crippen molar-refractivity contribution < 1.29 is 4.57 Å². The van der Waals surface area contributed by atoms with E-state index in [4.69, 9.17) is 5.26 Å². The average Bonchev–Trinajstić information content (AvgIpc) is 2.89. The minimum absolute atomic E-state index is 0.0498. The lowest BCUT2D eigenvalue weighted by Gasteiger charge is -2.38. The Balaban J connectivity index is 1.95. The van der Waals surface area contributed by atoms with Gasteiger partial charge in [0.2, 0.25) is 0 Å². The first-order valence-corrected chi connectivity index (χ1v) is 11.9. The van der Waals surface area contributed by atoms with Gasteiger partial charge in [-0.05, 0) is 65.2 Å². The molecule has 148 valence electrons. The molecule has 0 aromatic heterocycles. The van der Waals surface area contributed by atoms with E-state index in [1.807, 2.05) is 24.3 Å². The maximum absolute atomic E-state index is 14.5. The van der Waals surface area contributed by atoms with Gasteiger partial charge in [-0.1, -0.05) is 25.0 Å². The van der Waals surface area contributed by atoms with E-state index >= 15 is 0 Å². The summed E-state index contributed by atoms with van der Waals surface area (Å²) in [6.07, 6.45) is 4.70. The van der Waals surface area contributed by atoms with Gasteiger partial charge in [0, 0.05) is 30.2 Å². The summed E-state index contributed by atoms with van der Waals surface area (Å²) in [5.74, 6) is 0. The number of nitrogens with zero attached hydrogens (tertiary/aromatic N) is 3. The molecule has 0 bridgehead atoms. The number of nitrogens with one attached hydrogen (secondary N) is 1. The second kappa shape index (κ2) is 8.05. The molecule has 1 saturated carbocycles. The van der Waals surface area contributed by atoms with Crippen LogP contribution in [0.25, 0.3) is 0 Å². The smallest absolute Gasteiger partial charge is 0.270 e. The van der Waals surface area contributed by atoms with Crippen LogP contribution in [0.5, 0.6) is 0 Å². The van der Waals surface area contributed by atoms with E-state index in [2.05, 4.69) is 55.1 Å². The van der Waals surface area contributed by atoms with Gasteiger partial charge < -0.3 is 0 Å². The predicted octanol–water partition coefficient (Wildman–Crippen LogP) is 5.06. The summed E-state index contributed by atoms with van der Waals surface area (Å²) in [5.41, 5.74) is 1.71. The maximum Gasteiger partial charge on any atom is 0.285 e. The van der Waals surface area contributed by atoms with Crippen LogP contribution in [0.4, 0.5) is 0 Å². The van der Waals surface area contributed by atoms with Gasteiger partial charge in [0.1, 0.15) is 0 Å². The van der Waals surface area contributed by atoms with E-state index in [-0.39, 0.29) is 18.1 Å². The summed E-state index contributed by atoms with van der Waals surface area (Å²) in [7, 11) is -2.90. The SMILES string of the molecule is CC(C)N1[C@@H]2CCCC[C@H]2N(C(C)C)P1(=O)N[C@H](C)c1ccc(C#N)cc1. The number of rotatable bonds is 5. The van der Waals surface area contributed by atoms with Crippen LogP contribution in [0.2, 0.25) is 0 Å².